The summed E-state index contributed by atoms with van der Waals surface area (Å²) in [5.41, 5.74) is 1.21. The lowest BCUT2D eigenvalue weighted by atomic mass is 10.0. The molecular formula is C21H23FN2O3S. The van der Waals surface area contributed by atoms with Crippen LogP contribution in [0.15, 0.2) is 53.4 Å². The van der Waals surface area contributed by atoms with Crippen molar-refractivity contribution in [2.24, 2.45) is 11.3 Å². The second kappa shape index (κ2) is 6.97. The van der Waals surface area contributed by atoms with Crippen molar-refractivity contribution in [3.05, 3.63) is 59.9 Å². The van der Waals surface area contributed by atoms with E-state index in [-0.39, 0.29) is 17.2 Å². The van der Waals surface area contributed by atoms with Gasteiger partial charge in [0.05, 0.1) is 4.90 Å². The molecule has 1 heterocycles. The summed E-state index contributed by atoms with van der Waals surface area (Å²) in [4.78, 5) is 12.8. The van der Waals surface area contributed by atoms with Crippen LogP contribution in [0, 0.1) is 17.2 Å². The van der Waals surface area contributed by atoms with Gasteiger partial charge in [0.2, 0.25) is 15.9 Å². The molecule has 0 aromatic heterocycles. The van der Waals surface area contributed by atoms with Gasteiger partial charge < -0.3 is 5.32 Å². The Kier molecular flexibility index (Phi) is 4.75. The summed E-state index contributed by atoms with van der Waals surface area (Å²) < 4.78 is 40.7. The predicted octanol–water partition coefficient (Wildman–Crippen LogP) is 3.43. The average Bonchev–Trinajstić information content (AvgIpc) is 3.21. The Balaban J connectivity index is 1.43. The number of carbonyl (C=O) groups is 1. The third-order valence-corrected chi connectivity index (χ3v) is 7.78. The van der Waals surface area contributed by atoms with Crippen LogP contribution < -0.4 is 5.32 Å². The van der Waals surface area contributed by atoms with Crippen molar-refractivity contribution in [3.63, 3.8) is 0 Å². The molecular weight excluding hydrogens is 379 g/mol. The van der Waals surface area contributed by atoms with Gasteiger partial charge in [0.25, 0.3) is 0 Å². The Bertz CT molecular complexity index is 1010. The first-order chi connectivity index (χ1) is 13.3. The van der Waals surface area contributed by atoms with Gasteiger partial charge in [-0.2, -0.15) is 4.31 Å². The standard InChI is InChI=1S/C21H23FN2O3S/c1-2-15-6-8-18(9-7-15)28(26,27)24-11-10-21(14-24)13-19(21)20(25)23-17-5-3-4-16(22)12-17/h3-9,12,19H,2,10-11,13-14H2,1H3,(H,23,25)/t19-,21-/m0/s1. The van der Waals surface area contributed by atoms with Gasteiger partial charge in [0.1, 0.15) is 5.82 Å². The molecule has 0 unspecified atom stereocenters. The fourth-order valence-electron chi connectivity index (χ4n) is 4.07. The van der Waals surface area contributed by atoms with Crippen LogP contribution in [0.2, 0.25) is 0 Å². The quantitative estimate of drug-likeness (QED) is 0.833. The monoisotopic (exact) mass is 402 g/mol. The second-order valence-electron chi connectivity index (χ2n) is 7.70. The highest BCUT2D eigenvalue weighted by atomic mass is 32.2. The summed E-state index contributed by atoms with van der Waals surface area (Å²) in [6.07, 6.45) is 2.19. The molecule has 5 nitrogen and oxygen atoms in total. The number of hydrogen-bond acceptors (Lipinski definition) is 3. The maximum atomic E-state index is 13.3. The molecule has 1 saturated heterocycles. The van der Waals surface area contributed by atoms with E-state index >= 15 is 0 Å². The Labute approximate surface area is 164 Å². The summed E-state index contributed by atoms with van der Waals surface area (Å²) in [5.74, 6) is -0.814. The molecule has 0 radical (unpaired) electrons. The first kappa shape index (κ1) is 19.1. The Morgan fingerprint density at radius 1 is 1.25 bits per heavy atom. The van der Waals surface area contributed by atoms with E-state index in [0.29, 0.717) is 36.5 Å². The molecule has 7 heteroatoms. The van der Waals surface area contributed by atoms with E-state index in [1.54, 1.807) is 24.3 Å². The molecule has 2 atom stereocenters. The molecule has 1 N–H and O–H groups in total. The molecule has 28 heavy (non-hydrogen) atoms. The third-order valence-electron chi connectivity index (χ3n) is 5.92. The van der Waals surface area contributed by atoms with Crippen LogP contribution >= 0.6 is 0 Å². The number of nitrogens with zero attached hydrogens (tertiary/aromatic N) is 1. The van der Waals surface area contributed by atoms with Gasteiger partial charge in [0, 0.05) is 24.7 Å². The lowest BCUT2D eigenvalue weighted by Gasteiger charge is -2.17. The molecule has 1 saturated carbocycles. The molecule has 1 amide bonds. The second-order valence-corrected chi connectivity index (χ2v) is 9.64. The fourth-order valence-corrected chi connectivity index (χ4v) is 5.61. The number of amides is 1. The number of aryl methyl sites for hydroxylation is 1. The van der Waals surface area contributed by atoms with Crippen LogP contribution in [0.4, 0.5) is 10.1 Å². The number of rotatable bonds is 5. The number of benzene rings is 2. The zero-order chi connectivity index (χ0) is 19.9. The average molecular weight is 402 g/mol. The number of carbonyl (C=O) groups excluding carboxylic acids is 1. The lowest BCUT2D eigenvalue weighted by Crippen LogP contribution is -2.30. The minimum absolute atomic E-state index is 0.169. The number of sulfonamides is 1. The molecule has 1 spiro atoms. The molecule has 2 fully saturated rings. The molecule has 0 bridgehead atoms. The molecule has 1 aliphatic carbocycles. The van der Waals surface area contributed by atoms with Crippen molar-refractivity contribution in [2.75, 3.05) is 18.4 Å². The number of anilines is 1. The molecule has 2 aromatic rings. The Morgan fingerprint density at radius 3 is 2.68 bits per heavy atom. The van der Waals surface area contributed by atoms with E-state index in [9.17, 15) is 17.6 Å². The lowest BCUT2D eigenvalue weighted by molar-refractivity contribution is -0.118. The highest BCUT2D eigenvalue weighted by molar-refractivity contribution is 7.89. The van der Waals surface area contributed by atoms with E-state index in [1.165, 1.54) is 16.4 Å². The molecule has 2 aliphatic rings. The van der Waals surface area contributed by atoms with Crippen molar-refractivity contribution in [1.82, 2.24) is 4.31 Å². The van der Waals surface area contributed by atoms with E-state index in [4.69, 9.17) is 0 Å². The minimum Gasteiger partial charge on any atom is -0.326 e. The molecule has 1 aliphatic heterocycles. The fraction of sp³-hybridized carbons (Fsp3) is 0.381. The molecule has 148 valence electrons. The SMILES string of the molecule is CCc1ccc(S(=O)(=O)N2CC[C@]3(C[C@H]3C(=O)Nc3cccc(F)c3)C2)cc1. The Morgan fingerprint density at radius 2 is 2.00 bits per heavy atom. The first-order valence-electron chi connectivity index (χ1n) is 9.50. The van der Waals surface area contributed by atoms with Crippen molar-refractivity contribution in [1.29, 1.82) is 0 Å². The van der Waals surface area contributed by atoms with Gasteiger partial charge in [-0.05, 0) is 60.6 Å². The zero-order valence-electron chi connectivity index (χ0n) is 15.7. The van der Waals surface area contributed by atoms with Crippen molar-refractivity contribution in [3.8, 4) is 0 Å². The van der Waals surface area contributed by atoms with Gasteiger partial charge in [0.15, 0.2) is 0 Å². The van der Waals surface area contributed by atoms with Gasteiger partial charge in [-0.25, -0.2) is 12.8 Å². The largest absolute Gasteiger partial charge is 0.326 e. The van der Waals surface area contributed by atoms with Crippen molar-refractivity contribution < 1.29 is 17.6 Å². The Hall–Kier alpha value is -2.25. The van der Waals surface area contributed by atoms with Crippen LogP contribution in [0.25, 0.3) is 0 Å². The summed E-state index contributed by atoms with van der Waals surface area (Å²) in [6, 6.07) is 12.8. The van der Waals surface area contributed by atoms with Gasteiger partial charge in [-0.1, -0.05) is 25.1 Å². The number of hydrogen-bond donors (Lipinski definition) is 1. The van der Waals surface area contributed by atoms with Crippen LogP contribution in [-0.4, -0.2) is 31.7 Å². The van der Waals surface area contributed by atoms with E-state index in [2.05, 4.69) is 5.32 Å². The van der Waals surface area contributed by atoms with Crippen LogP contribution in [0.1, 0.15) is 25.3 Å². The van der Waals surface area contributed by atoms with Crippen LogP contribution in [0.3, 0.4) is 0 Å². The van der Waals surface area contributed by atoms with E-state index in [1.807, 2.05) is 19.1 Å². The number of nitrogens with one attached hydrogen (secondary N) is 1. The van der Waals surface area contributed by atoms with Crippen LogP contribution in [-0.2, 0) is 21.2 Å². The smallest absolute Gasteiger partial charge is 0.243 e. The summed E-state index contributed by atoms with van der Waals surface area (Å²) in [5, 5.41) is 2.75. The minimum atomic E-state index is -3.56. The maximum Gasteiger partial charge on any atom is 0.243 e. The molecule has 4 rings (SSSR count). The summed E-state index contributed by atoms with van der Waals surface area (Å²) >= 11 is 0. The van der Waals surface area contributed by atoms with Gasteiger partial charge >= 0.3 is 0 Å². The van der Waals surface area contributed by atoms with Crippen molar-refractivity contribution >= 4 is 21.6 Å². The summed E-state index contributed by atoms with van der Waals surface area (Å²) in [6.45, 7) is 2.80. The van der Waals surface area contributed by atoms with E-state index < -0.39 is 15.8 Å². The van der Waals surface area contributed by atoms with Crippen molar-refractivity contribution in [2.45, 2.75) is 31.1 Å². The predicted molar refractivity (Wildman–Crippen MR) is 105 cm³/mol. The van der Waals surface area contributed by atoms with Crippen LogP contribution in [0.5, 0.6) is 0 Å². The third kappa shape index (κ3) is 3.44. The topological polar surface area (TPSA) is 66.5 Å². The summed E-state index contributed by atoms with van der Waals surface area (Å²) in [7, 11) is -3.56. The maximum absolute atomic E-state index is 13.3. The van der Waals surface area contributed by atoms with Gasteiger partial charge in [-0.3, -0.25) is 4.79 Å². The van der Waals surface area contributed by atoms with Gasteiger partial charge in [-0.15, -0.1) is 0 Å². The number of halogens is 1. The highest BCUT2D eigenvalue weighted by Gasteiger charge is 2.62. The normalized spacial score (nSPS) is 24.4. The first-order valence-corrected chi connectivity index (χ1v) is 10.9. The highest BCUT2D eigenvalue weighted by Crippen LogP contribution is 2.59. The van der Waals surface area contributed by atoms with E-state index in [0.717, 1.165) is 12.0 Å². The zero-order valence-corrected chi connectivity index (χ0v) is 16.5. The molecule has 2 aromatic carbocycles.